The van der Waals surface area contributed by atoms with E-state index in [1.807, 2.05) is 6.92 Å². The second kappa shape index (κ2) is 11.3. The van der Waals surface area contributed by atoms with Gasteiger partial charge in [-0.3, -0.25) is 4.90 Å². The zero-order valence-corrected chi connectivity index (χ0v) is 20.4. The van der Waals surface area contributed by atoms with Gasteiger partial charge in [-0.1, -0.05) is 19.1 Å². The van der Waals surface area contributed by atoms with Crippen molar-refractivity contribution in [3.63, 3.8) is 0 Å². The molecule has 3 rings (SSSR count). The molecule has 0 unspecified atom stereocenters. The Balaban J connectivity index is 1.85. The molecule has 3 N–H and O–H groups in total. The molecule has 1 aliphatic heterocycles. The van der Waals surface area contributed by atoms with Crippen molar-refractivity contribution in [3.05, 3.63) is 59.3 Å². The van der Waals surface area contributed by atoms with Gasteiger partial charge in [0.2, 0.25) is 0 Å². The van der Waals surface area contributed by atoms with E-state index in [2.05, 4.69) is 16.0 Å². The molecule has 35 heavy (non-hydrogen) atoms. The molecule has 1 atom stereocenters. The quantitative estimate of drug-likeness (QED) is 0.484. The first-order valence-electron chi connectivity index (χ1n) is 11.1. The minimum absolute atomic E-state index is 0.301. The monoisotopic (exact) mass is 482 g/mol. The van der Waals surface area contributed by atoms with E-state index in [0.29, 0.717) is 46.3 Å². The molecule has 10 nitrogen and oxygen atoms in total. The van der Waals surface area contributed by atoms with Crippen LogP contribution in [0.5, 0.6) is 11.5 Å². The molecule has 0 bridgehead atoms. The highest BCUT2D eigenvalue weighted by atomic mass is 16.5. The molecule has 4 amide bonds. The number of esters is 1. The molecule has 0 saturated carbocycles. The van der Waals surface area contributed by atoms with Crippen LogP contribution >= 0.6 is 0 Å². The summed E-state index contributed by atoms with van der Waals surface area (Å²) in [5, 5.41) is 8.39. The minimum atomic E-state index is -0.726. The number of urea groups is 2. The van der Waals surface area contributed by atoms with Gasteiger partial charge in [0.1, 0.15) is 11.5 Å². The summed E-state index contributed by atoms with van der Waals surface area (Å²) in [5.41, 5.74) is 2.45. The summed E-state index contributed by atoms with van der Waals surface area (Å²) < 4.78 is 15.5. The number of nitrogens with one attached hydrogen (secondary N) is 3. The second-order valence-corrected chi connectivity index (χ2v) is 7.83. The number of methoxy groups -OCH3 is 3. The van der Waals surface area contributed by atoms with E-state index >= 15 is 0 Å². The number of hydrogen-bond donors (Lipinski definition) is 3. The van der Waals surface area contributed by atoms with E-state index in [9.17, 15) is 14.4 Å². The first kappa shape index (κ1) is 25.4. The molecular weight excluding hydrogens is 452 g/mol. The number of allylic oxidation sites excluding steroid dienone is 1. The van der Waals surface area contributed by atoms with Crippen molar-refractivity contribution in [1.29, 1.82) is 0 Å². The van der Waals surface area contributed by atoms with E-state index in [1.54, 1.807) is 49.4 Å². The number of carbonyl (C=O) groups excluding carboxylic acids is 3. The molecule has 0 aromatic heterocycles. The molecule has 0 aliphatic carbocycles. The van der Waals surface area contributed by atoms with Gasteiger partial charge in [0.25, 0.3) is 0 Å². The van der Waals surface area contributed by atoms with Gasteiger partial charge in [-0.2, -0.15) is 0 Å². The van der Waals surface area contributed by atoms with Crippen molar-refractivity contribution < 1.29 is 28.6 Å². The van der Waals surface area contributed by atoms with Crippen LogP contribution in [0.1, 0.15) is 31.9 Å². The highest BCUT2D eigenvalue weighted by molar-refractivity contribution is 6.00. The summed E-state index contributed by atoms with van der Waals surface area (Å²) in [5.74, 6) is 0.533. The molecule has 2 aromatic rings. The Bertz CT molecular complexity index is 1120. The van der Waals surface area contributed by atoms with Crippen molar-refractivity contribution >= 4 is 29.4 Å². The van der Waals surface area contributed by atoms with E-state index in [4.69, 9.17) is 14.2 Å². The van der Waals surface area contributed by atoms with Gasteiger partial charge in [-0.05, 0) is 31.0 Å². The Morgan fingerprint density at radius 3 is 2.26 bits per heavy atom. The lowest BCUT2D eigenvalue weighted by atomic mass is 9.94. The number of amides is 4. The second-order valence-electron chi connectivity index (χ2n) is 7.83. The predicted molar refractivity (Wildman–Crippen MR) is 132 cm³/mol. The van der Waals surface area contributed by atoms with Gasteiger partial charge in [-0.15, -0.1) is 0 Å². The summed E-state index contributed by atoms with van der Waals surface area (Å²) in [7, 11) is 4.35. The Morgan fingerprint density at radius 1 is 1.00 bits per heavy atom. The number of carbonyl (C=O) groups is 3. The lowest BCUT2D eigenvalue weighted by Crippen LogP contribution is -2.48. The molecular formula is C25H30N4O6. The van der Waals surface area contributed by atoms with Crippen LogP contribution in [0.2, 0.25) is 0 Å². The fraction of sp³-hybridized carbons (Fsp3) is 0.320. The molecule has 0 radical (unpaired) electrons. The highest BCUT2D eigenvalue weighted by Gasteiger charge is 2.36. The van der Waals surface area contributed by atoms with E-state index < -0.39 is 18.0 Å². The lowest BCUT2D eigenvalue weighted by molar-refractivity contribution is -0.136. The third-order valence-electron chi connectivity index (χ3n) is 5.54. The molecule has 0 saturated heterocycles. The van der Waals surface area contributed by atoms with Crippen molar-refractivity contribution in [3.8, 4) is 11.5 Å². The van der Waals surface area contributed by atoms with Gasteiger partial charge in [0, 0.05) is 41.8 Å². The lowest BCUT2D eigenvalue weighted by Gasteiger charge is -2.35. The van der Waals surface area contributed by atoms with Crippen LogP contribution in [0.3, 0.4) is 0 Å². The van der Waals surface area contributed by atoms with Gasteiger partial charge >= 0.3 is 18.0 Å². The molecule has 186 valence electrons. The van der Waals surface area contributed by atoms with Gasteiger partial charge in [0.15, 0.2) is 0 Å². The number of rotatable bonds is 8. The number of benzene rings is 2. The largest absolute Gasteiger partial charge is 0.497 e. The summed E-state index contributed by atoms with van der Waals surface area (Å²) in [4.78, 5) is 39.5. The average molecular weight is 483 g/mol. The van der Waals surface area contributed by atoms with Crippen molar-refractivity contribution in [1.82, 2.24) is 10.2 Å². The SMILES string of the molecule is CCCN1C(=O)N[C@H](c2cccc(NC(=O)Nc3cc(OC)cc(OC)c3)c2)C(C(=O)OC)=C1C. The zero-order chi connectivity index (χ0) is 25.5. The number of nitrogens with zero attached hydrogens (tertiary/aromatic N) is 1. The first-order chi connectivity index (χ1) is 16.8. The van der Waals surface area contributed by atoms with Crippen LogP contribution in [0, 0.1) is 0 Å². The van der Waals surface area contributed by atoms with Crippen LogP contribution in [-0.2, 0) is 9.53 Å². The molecule has 1 heterocycles. The van der Waals surface area contributed by atoms with Gasteiger partial charge < -0.3 is 30.2 Å². The molecule has 1 aliphatic rings. The summed E-state index contributed by atoms with van der Waals surface area (Å²) in [6, 6.07) is 10.4. The number of anilines is 2. The maximum Gasteiger partial charge on any atom is 0.337 e. The Morgan fingerprint density at radius 2 is 1.66 bits per heavy atom. The maximum atomic E-state index is 12.7. The van der Waals surface area contributed by atoms with Crippen LogP contribution in [0.25, 0.3) is 0 Å². The first-order valence-corrected chi connectivity index (χ1v) is 11.1. The van der Waals surface area contributed by atoms with Gasteiger partial charge in [0.05, 0.1) is 32.9 Å². The Kier molecular flexibility index (Phi) is 8.19. The van der Waals surface area contributed by atoms with E-state index in [0.717, 1.165) is 6.42 Å². The summed E-state index contributed by atoms with van der Waals surface area (Å²) in [6.07, 6.45) is 0.734. The van der Waals surface area contributed by atoms with Crippen LogP contribution in [-0.4, -0.2) is 50.8 Å². The normalized spacial score (nSPS) is 15.3. The van der Waals surface area contributed by atoms with Crippen LogP contribution in [0.15, 0.2) is 53.7 Å². The third kappa shape index (κ3) is 5.84. The van der Waals surface area contributed by atoms with E-state index in [1.165, 1.54) is 26.2 Å². The topological polar surface area (TPSA) is 118 Å². The Hall–Kier alpha value is -4.21. The maximum absolute atomic E-state index is 12.7. The average Bonchev–Trinajstić information content (AvgIpc) is 2.85. The van der Waals surface area contributed by atoms with Crippen molar-refractivity contribution in [2.45, 2.75) is 26.3 Å². The Labute approximate surface area is 204 Å². The van der Waals surface area contributed by atoms with Crippen molar-refractivity contribution in [2.24, 2.45) is 0 Å². The highest BCUT2D eigenvalue weighted by Crippen LogP contribution is 2.32. The van der Waals surface area contributed by atoms with Crippen LogP contribution in [0.4, 0.5) is 21.0 Å². The molecule has 0 spiro atoms. The molecule has 0 fully saturated rings. The minimum Gasteiger partial charge on any atom is -0.497 e. The zero-order valence-electron chi connectivity index (χ0n) is 20.4. The fourth-order valence-electron chi connectivity index (χ4n) is 3.87. The number of ether oxygens (including phenoxy) is 3. The summed E-state index contributed by atoms with van der Waals surface area (Å²) >= 11 is 0. The standard InChI is InChI=1S/C25H30N4O6/c1-6-10-29-15(2)21(23(30)35-5)22(28-25(29)32)16-8-7-9-17(11-16)26-24(31)27-18-12-19(33-3)14-20(13-18)34-4/h7-9,11-14,22H,6,10H2,1-5H3,(H,28,32)(H2,26,27,31)/t22-/m1/s1. The van der Waals surface area contributed by atoms with Gasteiger partial charge in [-0.25, -0.2) is 14.4 Å². The fourth-order valence-corrected chi connectivity index (χ4v) is 3.87. The molecule has 2 aromatic carbocycles. The summed E-state index contributed by atoms with van der Waals surface area (Å²) in [6.45, 7) is 4.15. The smallest absolute Gasteiger partial charge is 0.337 e. The van der Waals surface area contributed by atoms with E-state index in [-0.39, 0.29) is 6.03 Å². The van der Waals surface area contributed by atoms with Crippen LogP contribution < -0.4 is 25.4 Å². The third-order valence-corrected chi connectivity index (χ3v) is 5.54. The predicted octanol–water partition coefficient (Wildman–Crippen LogP) is 4.27. The van der Waals surface area contributed by atoms with Crippen molar-refractivity contribution in [2.75, 3.05) is 38.5 Å². The number of hydrogen-bond acceptors (Lipinski definition) is 6. The molecule has 10 heteroatoms.